The summed E-state index contributed by atoms with van der Waals surface area (Å²) in [5.74, 6) is 0. The number of benzene rings is 1. The van der Waals surface area contributed by atoms with Gasteiger partial charge in [0, 0.05) is 18.6 Å². The quantitative estimate of drug-likeness (QED) is 0.659. The second-order valence-electron chi connectivity index (χ2n) is 5.25. The zero-order chi connectivity index (χ0) is 13.2. The SMILES string of the molecule is CCCCCC(C)NCC(N)Cc1ccccc1. The highest BCUT2D eigenvalue weighted by molar-refractivity contribution is 5.15. The van der Waals surface area contributed by atoms with Gasteiger partial charge in [0.2, 0.25) is 0 Å². The fraction of sp³-hybridized carbons (Fsp3) is 0.625. The molecule has 0 saturated heterocycles. The van der Waals surface area contributed by atoms with E-state index in [0.29, 0.717) is 6.04 Å². The van der Waals surface area contributed by atoms with Crippen LogP contribution in [0.15, 0.2) is 30.3 Å². The molecule has 102 valence electrons. The molecule has 0 heterocycles. The van der Waals surface area contributed by atoms with Crippen LogP contribution in [0.25, 0.3) is 0 Å². The first kappa shape index (κ1) is 15.2. The van der Waals surface area contributed by atoms with E-state index in [9.17, 15) is 0 Å². The Bertz CT molecular complexity index is 297. The van der Waals surface area contributed by atoms with Crippen LogP contribution in [0.1, 0.15) is 45.1 Å². The lowest BCUT2D eigenvalue weighted by molar-refractivity contribution is 0.461. The molecular formula is C16H28N2. The van der Waals surface area contributed by atoms with Gasteiger partial charge in [-0.3, -0.25) is 0 Å². The Morgan fingerprint density at radius 1 is 1.17 bits per heavy atom. The van der Waals surface area contributed by atoms with E-state index in [1.54, 1.807) is 0 Å². The summed E-state index contributed by atoms with van der Waals surface area (Å²) in [4.78, 5) is 0. The third-order valence-corrected chi connectivity index (χ3v) is 3.31. The summed E-state index contributed by atoms with van der Waals surface area (Å²) in [7, 11) is 0. The molecule has 0 aliphatic carbocycles. The van der Waals surface area contributed by atoms with Gasteiger partial charge in [-0.1, -0.05) is 56.5 Å². The molecule has 0 aliphatic rings. The average Bonchev–Trinajstić information content (AvgIpc) is 2.38. The van der Waals surface area contributed by atoms with Crippen molar-refractivity contribution in [2.24, 2.45) is 5.73 Å². The first-order chi connectivity index (χ1) is 8.72. The molecule has 0 bridgehead atoms. The topological polar surface area (TPSA) is 38.0 Å². The van der Waals surface area contributed by atoms with Crippen LogP contribution in [0.4, 0.5) is 0 Å². The standard InChI is InChI=1S/C16H28N2/c1-3-4-6-9-14(2)18-13-16(17)12-15-10-7-5-8-11-15/h5,7-8,10-11,14,16,18H,3-4,6,9,12-13,17H2,1-2H3. The van der Waals surface area contributed by atoms with Crippen molar-refractivity contribution in [1.29, 1.82) is 0 Å². The largest absolute Gasteiger partial charge is 0.326 e. The highest BCUT2D eigenvalue weighted by Crippen LogP contribution is 2.04. The Hall–Kier alpha value is -0.860. The predicted molar refractivity (Wildman–Crippen MR) is 79.7 cm³/mol. The summed E-state index contributed by atoms with van der Waals surface area (Å²) in [6, 6.07) is 11.3. The van der Waals surface area contributed by atoms with Crippen LogP contribution < -0.4 is 11.1 Å². The average molecular weight is 248 g/mol. The normalized spacial score (nSPS) is 14.4. The van der Waals surface area contributed by atoms with E-state index in [1.807, 2.05) is 6.07 Å². The van der Waals surface area contributed by atoms with Crippen LogP contribution in [0, 0.1) is 0 Å². The molecule has 0 radical (unpaired) electrons. The Morgan fingerprint density at radius 3 is 2.56 bits per heavy atom. The van der Waals surface area contributed by atoms with Crippen molar-refractivity contribution in [2.45, 2.75) is 58.0 Å². The molecule has 2 unspecified atom stereocenters. The minimum Gasteiger partial charge on any atom is -0.326 e. The molecule has 0 amide bonds. The van der Waals surface area contributed by atoms with Gasteiger partial charge in [-0.25, -0.2) is 0 Å². The lowest BCUT2D eigenvalue weighted by Gasteiger charge is -2.17. The second-order valence-corrected chi connectivity index (χ2v) is 5.25. The number of nitrogens with one attached hydrogen (secondary N) is 1. The summed E-state index contributed by atoms with van der Waals surface area (Å²) >= 11 is 0. The molecule has 18 heavy (non-hydrogen) atoms. The Morgan fingerprint density at radius 2 is 1.89 bits per heavy atom. The number of unbranched alkanes of at least 4 members (excludes halogenated alkanes) is 2. The minimum absolute atomic E-state index is 0.209. The van der Waals surface area contributed by atoms with Gasteiger partial charge in [-0.15, -0.1) is 0 Å². The fourth-order valence-corrected chi connectivity index (χ4v) is 2.14. The summed E-state index contributed by atoms with van der Waals surface area (Å²) in [5.41, 5.74) is 7.47. The van der Waals surface area contributed by atoms with E-state index >= 15 is 0 Å². The number of rotatable bonds is 9. The molecule has 0 aliphatic heterocycles. The van der Waals surface area contributed by atoms with Crippen LogP contribution >= 0.6 is 0 Å². The maximum Gasteiger partial charge on any atom is 0.0206 e. The first-order valence-corrected chi connectivity index (χ1v) is 7.25. The van der Waals surface area contributed by atoms with Crippen molar-refractivity contribution in [3.63, 3.8) is 0 Å². The molecule has 2 heteroatoms. The van der Waals surface area contributed by atoms with Gasteiger partial charge < -0.3 is 11.1 Å². The van der Waals surface area contributed by atoms with Crippen LogP contribution in [0.5, 0.6) is 0 Å². The van der Waals surface area contributed by atoms with Gasteiger partial charge in [0.15, 0.2) is 0 Å². The van der Waals surface area contributed by atoms with Crippen molar-refractivity contribution < 1.29 is 0 Å². The molecule has 1 rings (SSSR count). The lowest BCUT2D eigenvalue weighted by atomic mass is 10.1. The maximum absolute atomic E-state index is 6.15. The Labute approximate surface area is 112 Å². The second kappa shape index (κ2) is 9.12. The predicted octanol–water partition coefficient (Wildman–Crippen LogP) is 3.11. The first-order valence-electron chi connectivity index (χ1n) is 7.25. The van der Waals surface area contributed by atoms with E-state index in [0.717, 1.165) is 13.0 Å². The van der Waals surface area contributed by atoms with E-state index in [1.165, 1.54) is 31.2 Å². The summed E-state index contributed by atoms with van der Waals surface area (Å²) in [6.07, 6.45) is 6.16. The van der Waals surface area contributed by atoms with Crippen molar-refractivity contribution >= 4 is 0 Å². The molecule has 0 aromatic heterocycles. The molecular weight excluding hydrogens is 220 g/mol. The highest BCUT2D eigenvalue weighted by atomic mass is 14.9. The summed E-state index contributed by atoms with van der Waals surface area (Å²) in [6.45, 7) is 5.40. The third kappa shape index (κ3) is 6.77. The van der Waals surface area contributed by atoms with Gasteiger partial charge in [-0.2, -0.15) is 0 Å². The molecule has 0 spiro atoms. The Kier molecular flexibility index (Phi) is 7.70. The van der Waals surface area contributed by atoms with Gasteiger partial charge in [0.1, 0.15) is 0 Å². The fourth-order valence-electron chi connectivity index (χ4n) is 2.14. The zero-order valence-electron chi connectivity index (χ0n) is 11.9. The van der Waals surface area contributed by atoms with Crippen molar-refractivity contribution in [3.05, 3.63) is 35.9 Å². The van der Waals surface area contributed by atoms with E-state index in [2.05, 4.69) is 43.4 Å². The smallest absolute Gasteiger partial charge is 0.0206 e. The zero-order valence-corrected chi connectivity index (χ0v) is 11.9. The van der Waals surface area contributed by atoms with Crippen LogP contribution in [0.2, 0.25) is 0 Å². The van der Waals surface area contributed by atoms with Crippen LogP contribution in [-0.2, 0) is 6.42 Å². The van der Waals surface area contributed by atoms with E-state index in [4.69, 9.17) is 5.73 Å². The van der Waals surface area contributed by atoms with Crippen molar-refractivity contribution in [3.8, 4) is 0 Å². The third-order valence-electron chi connectivity index (χ3n) is 3.31. The number of nitrogens with two attached hydrogens (primary N) is 1. The van der Waals surface area contributed by atoms with Gasteiger partial charge in [0.25, 0.3) is 0 Å². The van der Waals surface area contributed by atoms with Gasteiger partial charge >= 0.3 is 0 Å². The van der Waals surface area contributed by atoms with Crippen LogP contribution in [-0.4, -0.2) is 18.6 Å². The number of hydrogen-bond acceptors (Lipinski definition) is 2. The molecule has 2 nitrogen and oxygen atoms in total. The summed E-state index contributed by atoms with van der Waals surface area (Å²) in [5, 5.41) is 3.54. The minimum atomic E-state index is 0.209. The number of hydrogen-bond donors (Lipinski definition) is 2. The van der Waals surface area contributed by atoms with Gasteiger partial charge in [0.05, 0.1) is 0 Å². The van der Waals surface area contributed by atoms with E-state index in [-0.39, 0.29) is 6.04 Å². The molecule has 1 aromatic carbocycles. The molecule has 3 N–H and O–H groups in total. The maximum atomic E-state index is 6.15. The van der Waals surface area contributed by atoms with E-state index < -0.39 is 0 Å². The monoisotopic (exact) mass is 248 g/mol. The Balaban J connectivity index is 2.14. The van der Waals surface area contributed by atoms with Crippen LogP contribution in [0.3, 0.4) is 0 Å². The molecule has 2 atom stereocenters. The summed E-state index contributed by atoms with van der Waals surface area (Å²) < 4.78 is 0. The van der Waals surface area contributed by atoms with Crippen molar-refractivity contribution in [2.75, 3.05) is 6.54 Å². The molecule has 1 aromatic rings. The lowest BCUT2D eigenvalue weighted by Crippen LogP contribution is -2.39. The van der Waals surface area contributed by atoms with Gasteiger partial charge in [-0.05, 0) is 25.3 Å². The molecule has 0 saturated carbocycles. The highest BCUT2D eigenvalue weighted by Gasteiger charge is 2.06. The molecule has 0 fully saturated rings. The van der Waals surface area contributed by atoms with Crippen molar-refractivity contribution in [1.82, 2.24) is 5.32 Å².